The van der Waals surface area contributed by atoms with Gasteiger partial charge < -0.3 is 20.2 Å². The van der Waals surface area contributed by atoms with E-state index in [9.17, 15) is 22.8 Å². The Bertz CT molecular complexity index is 1100. The number of carboxylic acids is 1. The maximum Gasteiger partial charge on any atom is 0.490 e. The third-order valence-electron chi connectivity index (χ3n) is 6.88. The van der Waals surface area contributed by atoms with Crippen LogP contribution in [-0.4, -0.2) is 95.6 Å². The van der Waals surface area contributed by atoms with Gasteiger partial charge in [0.15, 0.2) is 0 Å². The molecule has 0 aliphatic carbocycles. The van der Waals surface area contributed by atoms with Crippen LogP contribution < -0.4 is 5.32 Å². The van der Waals surface area contributed by atoms with Crippen molar-refractivity contribution in [1.82, 2.24) is 20.0 Å². The number of hydrogen-bond acceptors (Lipinski definition) is 5. The molecule has 4 rings (SSSR count). The van der Waals surface area contributed by atoms with Gasteiger partial charge in [0, 0.05) is 75.4 Å². The molecule has 2 aliphatic rings. The summed E-state index contributed by atoms with van der Waals surface area (Å²) in [6.07, 6.45) is -2.90. The number of nitrogens with zero attached hydrogens (tertiary/aromatic N) is 3. The molecule has 12 heteroatoms. The van der Waals surface area contributed by atoms with Crippen LogP contribution in [0, 0.1) is 0 Å². The Kier molecular flexibility index (Phi) is 11.8. The Morgan fingerprint density at radius 2 is 1.52 bits per heavy atom. The highest BCUT2D eigenvalue weighted by Gasteiger charge is 2.38. The summed E-state index contributed by atoms with van der Waals surface area (Å²) in [5, 5.41) is 11.0. The molecule has 0 spiro atoms. The number of benzene rings is 2. The number of nitrogens with one attached hydrogen (secondary N) is 1. The first-order chi connectivity index (χ1) is 19.0. The molecule has 2 saturated heterocycles. The Hall–Kier alpha value is -3.15. The molecule has 0 radical (unpaired) electrons. The van der Waals surface area contributed by atoms with Gasteiger partial charge in [0.05, 0.1) is 0 Å². The number of rotatable bonds is 7. The highest BCUT2D eigenvalue weighted by atomic mass is 35.5. The van der Waals surface area contributed by atoms with Crippen LogP contribution in [0.5, 0.6) is 0 Å². The molecule has 2 heterocycles. The molecule has 40 heavy (non-hydrogen) atoms. The summed E-state index contributed by atoms with van der Waals surface area (Å²) in [4.78, 5) is 41.4. The maximum atomic E-state index is 13.5. The predicted octanol–water partition coefficient (Wildman–Crippen LogP) is 3.90. The normalized spacial score (nSPS) is 16.6. The van der Waals surface area contributed by atoms with Crippen molar-refractivity contribution in [3.05, 3.63) is 70.7 Å². The van der Waals surface area contributed by atoms with Gasteiger partial charge in [0.1, 0.15) is 0 Å². The highest BCUT2D eigenvalue weighted by Crippen LogP contribution is 2.22. The molecular formula is C28H34ClF3N4O4. The largest absolute Gasteiger partial charge is 0.490 e. The predicted molar refractivity (Wildman–Crippen MR) is 145 cm³/mol. The molecule has 8 nitrogen and oxygen atoms in total. The molecule has 0 atom stereocenters. The molecule has 2 fully saturated rings. The van der Waals surface area contributed by atoms with E-state index in [2.05, 4.69) is 34.5 Å². The lowest BCUT2D eigenvalue weighted by Gasteiger charge is -2.39. The van der Waals surface area contributed by atoms with Gasteiger partial charge in [0.2, 0.25) is 5.91 Å². The number of piperidine rings is 1. The minimum Gasteiger partial charge on any atom is -0.475 e. The summed E-state index contributed by atoms with van der Waals surface area (Å²) in [7, 11) is 0. The zero-order chi connectivity index (χ0) is 29.1. The van der Waals surface area contributed by atoms with Gasteiger partial charge in [-0.1, -0.05) is 41.9 Å². The number of carbonyl (C=O) groups excluding carboxylic acids is 2. The van der Waals surface area contributed by atoms with Crippen molar-refractivity contribution in [3.63, 3.8) is 0 Å². The molecule has 2 aliphatic heterocycles. The monoisotopic (exact) mass is 582 g/mol. The first kappa shape index (κ1) is 31.4. The van der Waals surface area contributed by atoms with Crippen molar-refractivity contribution >= 4 is 29.4 Å². The molecule has 0 aromatic heterocycles. The smallest absolute Gasteiger partial charge is 0.475 e. The number of aliphatic carboxylic acids is 1. The summed E-state index contributed by atoms with van der Waals surface area (Å²) in [6, 6.07) is 17.7. The van der Waals surface area contributed by atoms with Crippen LogP contribution >= 0.6 is 11.6 Å². The van der Waals surface area contributed by atoms with Crippen molar-refractivity contribution in [2.24, 2.45) is 0 Å². The number of amides is 2. The van der Waals surface area contributed by atoms with Gasteiger partial charge in [-0.05, 0) is 42.7 Å². The maximum absolute atomic E-state index is 13.5. The van der Waals surface area contributed by atoms with E-state index in [1.165, 1.54) is 5.56 Å². The van der Waals surface area contributed by atoms with Crippen molar-refractivity contribution in [2.75, 3.05) is 45.8 Å². The number of hydrogen-bond donors (Lipinski definition) is 2. The van der Waals surface area contributed by atoms with Gasteiger partial charge >= 0.3 is 12.1 Å². The fourth-order valence-corrected chi connectivity index (χ4v) is 4.85. The summed E-state index contributed by atoms with van der Waals surface area (Å²) >= 11 is 6.03. The van der Waals surface area contributed by atoms with Gasteiger partial charge in [0.25, 0.3) is 5.91 Å². The Morgan fingerprint density at radius 3 is 2.08 bits per heavy atom. The van der Waals surface area contributed by atoms with E-state index in [4.69, 9.17) is 21.5 Å². The lowest BCUT2D eigenvalue weighted by Crippen LogP contribution is -2.50. The SMILES string of the molecule is O=C(CCN(C(=O)c1ccc(Cl)cc1)C1CCN(Cc2ccccc2)CC1)N1CCNCC1.O=C(O)C(F)(F)F. The summed E-state index contributed by atoms with van der Waals surface area (Å²) < 4.78 is 31.7. The summed E-state index contributed by atoms with van der Waals surface area (Å²) in [6.45, 7) is 6.40. The molecule has 2 N–H and O–H groups in total. The fourth-order valence-electron chi connectivity index (χ4n) is 4.73. The van der Waals surface area contributed by atoms with E-state index >= 15 is 0 Å². The second-order valence-corrected chi connectivity index (χ2v) is 10.1. The molecule has 218 valence electrons. The Labute approximate surface area is 236 Å². The highest BCUT2D eigenvalue weighted by molar-refractivity contribution is 6.30. The molecule has 2 aromatic carbocycles. The van der Waals surface area contributed by atoms with Crippen molar-refractivity contribution < 1.29 is 32.7 Å². The van der Waals surface area contributed by atoms with Gasteiger partial charge in [-0.2, -0.15) is 13.2 Å². The van der Waals surface area contributed by atoms with Gasteiger partial charge in [-0.25, -0.2) is 4.79 Å². The van der Waals surface area contributed by atoms with E-state index in [-0.39, 0.29) is 17.9 Å². The van der Waals surface area contributed by atoms with E-state index in [0.717, 1.165) is 58.7 Å². The number of halogens is 4. The molecule has 2 amide bonds. The van der Waals surface area contributed by atoms with Crippen LogP contribution in [0.25, 0.3) is 0 Å². The van der Waals surface area contributed by atoms with Crippen LogP contribution in [0.15, 0.2) is 54.6 Å². The quantitative estimate of drug-likeness (QED) is 0.514. The number of alkyl halides is 3. The number of piperazine rings is 1. The number of likely N-dealkylation sites (tertiary alicyclic amines) is 1. The zero-order valence-corrected chi connectivity index (χ0v) is 22.8. The molecule has 0 saturated carbocycles. The second kappa shape index (κ2) is 15.0. The lowest BCUT2D eigenvalue weighted by molar-refractivity contribution is -0.192. The topological polar surface area (TPSA) is 93.2 Å². The summed E-state index contributed by atoms with van der Waals surface area (Å²) in [5.41, 5.74) is 1.94. The van der Waals surface area contributed by atoms with Gasteiger partial charge in [-0.15, -0.1) is 0 Å². The fraction of sp³-hybridized carbons (Fsp3) is 0.464. The van der Waals surface area contributed by atoms with Crippen LogP contribution in [0.4, 0.5) is 13.2 Å². The molecular weight excluding hydrogens is 549 g/mol. The molecule has 2 aromatic rings. The third-order valence-corrected chi connectivity index (χ3v) is 7.13. The van der Waals surface area contributed by atoms with Crippen molar-refractivity contribution in [3.8, 4) is 0 Å². The van der Waals surface area contributed by atoms with E-state index in [1.54, 1.807) is 24.3 Å². The van der Waals surface area contributed by atoms with E-state index in [0.29, 0.717) is 23.6 Å². The summed E-state index contributed by atoms with van der Waals surface area (Å²) in [5.74, 6) is -2.64. The third kappa shape index (κ3) is 9.79. The van der Waals surface area contributed by atoms with Gasteiger partial charge in [-0.3, -0.25) is 14.5 Å². The van der Waals surface area contributed by atoms with Crippen molar-refractivity contribution in [1.29, 1.82) is 0 Å². The van der Waals surface area contributed by atoms with Crippen LogP contribution in [0.2, 0.25) is 5.02 Å². The van der Waals surface area contributed by atoms with Crippen LogP contribution in [0.3, 0.4) is 0 Å². The molecule has 0 unspecified atom stereocenters. The van der Waals surface area contributed by atoms with Crippen molar-refractivity contribution in [2.45, 2.75) is 38.0 Å². The Balaban J connectivity index is 0.000000559. The zero-order valence-electron chi connectivity index (χ0n) is 22.1. The van der Waals surface area contributed by atoms with Crippen LogP contribution in [0.1, 0.15) is 35.2 Å². The standard InChI is InChI=1S/C26H33ClN4O2.C2HF3O2/c27-23-8-6-22(7-9-23)26(33)31(17-12-25(32)30-18-13-28-14-19-30)24-10-15-29(16-11-24)20-21-4-2-1-3-5-21;3-2(4,5)1(6)7/h1-9,24,28H,10-20H2;(H,6,7). The Morgan fingerprint density at radius 1 is 0.950 bits per heavy atom. The number of carboxylic acid groups (broad SMARTS) is 1. The van der Waals surface area contributed by atoms with Crippen LogP contribution in [-0.2, 0) is 16.1 Å². The van der Waals surface area contributed by atoms with E-state index in [1.807, 2.05) is 15.9 Å². The first-order valence-electron chi connectivity index (χ1n) is 13.2. The van der Waals surface area contributed by atoms with E-state index < -0.39 is 12.1 Å². The second-order valence-electron chi connectivity index (χ2n) is 9.68. The minimum atomic E-state index is -5.08. The number of carbonyl (C=O) groups is 3. The average molecular weight is 583 g/mol. The average Bonchev–Trinajstić information content (AvgIpc) is 2.95. The minimum absolute atomic E-state index is 0.0127. The lowest BCUT2D eigenvalue weighted by atomic mass is 10.0. The first-order valence-corrected chi connectivity index (χ1v) is 13.5. The molecule has 0 bridgehead atoms.